The van der Waals surface area contributed by atoms with Crippen LogP contribution < -0.4 is 10.1 Å². The molecule has 0 radical (unpaired) electrons. The van der Waals surface area contributed by atoms with Gasteiger partial charge < -0.3 is 19.2 Å². The highest BCUT2D eigenvalue weighted by atomic mass is 16.5. The quantitative estimate of drug-likeness (QED) is 0.350. The van der Waals surface area contributed by atoms with E-state index in [1.54, 1.807) is 0 Å². The molecule has 7 heteroatoms. The lowest BCUT2D eigenvalue weighted by atomic mass is 10.1. The number of nitrogens with zero attached hydrogens (tertiary/aromatic N) is 3. The fraction of sp³-hybridized carbons (Fsp3) is 0.333. The Hall–Kier alpha value is -3.68. The summed E-state index contributed by atoms with van der Waals surface area (Å²) in [6.07, 6.45) is 3.11. The number of amides is 1. The summed E-state index contributed by atoms with van der Waals surface area (Å²) in [6.45, 7) is 7.50. The first-order valence-electron chi connectivity index (χ1n) is 13.1. The second-order valence-electron chi connectivity index (χ2n) is 9.18. The van der Waals surface area contributed by atoms with E-state index in [1.165, 1.54) is 0 Å². The van der Waals surface area contributed by atoms with Crippen LogP contribution in [-0.4, -0.2) is 66.2 Å². The van der Waals surface area contributed by atoms with Crippen LogP contribution in [0.2, 0.25) is 0 Å². The molecule has 1 aliphatic heterocycles. The standard InChI is InChI=1S/C30H34N4O3/c1-2-37-26-10-6-9-24(21-26)25-11-13-28-32-30(23-7-4-3-5-8-23)27(34(28)22-25)12-14-29(35)31-15-16-33-17-19-36-20-18-33/h3-11,13,21-22H,2,12,14-20H2,1H3,(H,31,35). The van der Waals surface area contributed by atoms with Crippen LogP contribution in [0.5, 0.6) is 5.75 Å². The van der Waals surface area contributed by atoms with Gasteiger partial charge in [-0.25, -0.2) is 4.98 Å². The first-order valence-corrected chi connectivity index (χ1v) is 13.1. The summed E-state index contributed by atoms with van der Waals surface area (Å²) in [5.74, 6) is 0.910. The van der Waals surface area contributed by atoms with Crippen molar-refractivity contribution in [1.29, 1.82) is 0 Å². The maximum absolute atomic E-state index is 12.8. The van der Waals surface area contributed by atoms with E-state index in [0.29, 0.717) is 26.0 Å². The minimum atomic E-state index is 0.0581. The molecule has 1 amide bonds. The van der Waals surface area contributed by atoms with Crippen LogP contribution in [-0.2, 0) is 16.0 Å². The number of aryl methyl sites for hydroxylation is 1. The zero-order valence-electron chi connectivity index (χ0n) is 21.4. The molecule has 3 heterocycles. The van der Waals surface area contributed by atoms with Crippen molar-refractivity contribution in [2.24, 2.45) is 0 Å². The van der Waals surface area contributed by atoms with Gasteiger partial charge in [0.2, 0.25) is 5.91 Å². The van der Waals surface area contributed by atoms with Crippen molar-refractivity contribution in [2.75, 3.05) is 46.0 Å². The van der Waals surface area contributed by atoms with Gasteiger partial charge in [-0.1, -0.05) is 42.5 Å². The summed E-state index contributed by atoms with van der Waals surface area (Å²) in [6, 6.07) is 22.4. The largest absolute Gasteiger partial charge is 0.494 e. The molecule has 2 aromatic heterocycles. The zero-order chi connectivity index (χ0) is 25.5. The maximum atomic E-state index is 12.8. The van der Waals surface area contributed by atoms with Gasteiger partial charge in [0.1, 0.15) is 11.4 Å². The number of fused-ring (bicyclic) bond motifs is 1. The third-order valence-corrected chi connectivity index (χ3v) is 6.69. The van der Waals surface area contributed by atoms with Gasteiger partial charge in [0.05, 0.1) is 31.2 Å². The third kappa shape index (κ3) is 6.18. The van der Waals surface area contributed by atoms with Crippen molar-refractivity contribution in [1.82, 2.24) is 19.6 Å². The molecule has 0 unspecified atom stereocenters. The van der Waals surface area contributed by atoms with E-state index in [9.17, 15) is 4.79 Å². The Kier molecular flexibility index (Phi) is 8.13. The number of hydrogen-bond donors (Lipinski definition) is 1. The summed E-state index contributed by atoms with van der Waals surface area (Å²) >= 11 is 0. The average molecular weight is 499 g/mol. The van der Waals surface area contributed by atoms with Crippen LogP contribution in [0.4, 0.5) is 0 Å². The van der Waals surface area contributed by atoms with E-state index in [-0.39, 0.29) is 5.91 Å². The minimum Gasteiger partial charge on any atom is -0.494 e. The van der Waals surface area contributed by atoms with E-state index in [0.717, 1.165) is 72.3 Å². The first kappa shape index (κ1) is 25.0. The van der Waals surface area contributed by atoms with Gasteiger partial charge in [0.25, 0.3) is 0 Å². The Morgan fingerprint density at radius 2 is 1.81 bits per heavy atom. The van der Waals surface area contributed by atoms with Crippen molar-refractivity contribution in [3.05, 3.63) is 78.6 Å². The second-order valence-corrected chi connectivity index (χ2v) is 9.18. The Morgan fingerprint density at radius 1 is 1.00 bits per heavy atom. The Balaban J connectivity index is 1.37. The summed E-state index contributed by atoms with van der Waals surface area (Å²) < 4.78 is 13.2. The highest BCUT2D eigenvalue weighted by Crippen LogP contribution is 2.29. The zero-order valence-corrected chi connectivity index (χ0v) is 21.4. The SMILES string of the molecule is CCOc1cccc(-c2ccc3nc(-c4ccccc4)c(CCC(=O)NCCN4CCOCC4)n3c2)c1. The topological polar surface area (TPSA) is 68.1 Å². The van der Waals surface area contributed by atoms with Crippen molar-refractivity contribution < 1.29 is 14.3 Å². The number of hydrogen-bond acceptors (Lipinski definition) is 5. The molecule has 5 rings (SSSR count). The third-order valence-electron chi connectivity index (χ3n) is 6.69. The van der Waals surface area contributed by atoms with Gasteiger partial charge in [-0.05, 0) is 48.7 Å². The van der Waals surface area contributed by atoms with E-state index in [2.05, 4.69) is 51.1 Å². The summed E-state index contributed by atoms with van der Waals surface area (Å²) in [5.41, 5.74) is 6.02. The number of carbonyl (C=O) groups is 1. The van der Waals surface area contributed by atoms with E-state index < -0.39 is 0 Å². The number of pyridine rings is 1. The van der Waals surface area contributed by atoms with Crippen molar-refractivity contribution >= 4 is 11.6 Å². The predicted molar refractivity (Wildman–Crippen MR) is 146 cm³/mol. The normalized spacial score (nSPS) is 14.1. The molecule has 0 atom stereocenters. The Morgan fingerprint density at radius 3 is 2.62 bits per heavy atom. The molecule has 4 aromatic rings. The van der Waals surface area contributed by atoms with Crippen LogP contribution in [0.3, 0.4) is 0 Å². The van der Waals surface area contributed by atoms with Crippen molar-refractivity contribution in [2.45, 2.75) is 19.8 Å². The molecule has 0 spiro atoms. The smallest absolute Gasteiger partial charge is 0.220 e. The molecule has 0 bridgehead atoms. The summed E-state index contributed by atoms with van der Waals surface area (Å²) in [7, 11) is 0. The van der Waals surface area contributed by atoms with Crippen LogP contribution >= 0.6 is 0 Å². The van der Waals surface area contributed by atoms with Crippen molar-refractivity contribution in [3.8, 4) is 28.1 Å². The van der Waals surface area contributed by atoms with Gasteiger partial charge in [-0.2, -0.15) is 0 Å². The number of nitrogens with one attached hydrogen (secondary N) is 1. The lowest BCUT2D eigenvalue weighted by Crippen LogP contribution is -2.41. The number of imidazole rings is 1. The number of aromatic nitrogens is 2. The Bertz CT molecular complexity index is 1330. The minimum absolute atomic E-state index is 0.0581. The van der Waals surface area contributed by atoms with E-state index in [4.69, 9.17) is 14.5 Å². The number of benzene rings is 2. The molecule has 37 heavy (non-hydrogen) atoms. The van der Waals surface area contributed by atoms with Crippen molar-refractivity contribution in [3.63, 3.8) is 0 Å². The van der Waals surface area contributed by atoms with Crippen LogP contribution in [0.15, 0.2) is 72.9 Å². The maximum Gasteiger partial charge on any atom is 0.220 e. The molecule has 0 aliphatic carbocycles. The van der Waals surface area contributed by atoms with Crippen LogP contribution in [0.25, 0.3) is 28.0 Å². The lowest BCUT2D eigenvalue weighted by molar-refractivity contribution is -0.121. The molecule has 1 N–H and O–H groups in total. The fourth-order valence-corrected chi connectivity index (χ4v) is 4.76. The molecule has 1 aliphatic rings. The summed E-state index contributed by atoms with van der Waals surface area (Å²) in [5, 5.41) is 3.09. The Labute approximate surface area is 218 Å². The number of morpholine rings is 1. The number of ether oxygens (including phenoxy) is 2. The van der Waals surface area contributed by atoms with Gasteiger partial charge in [-0.3, -0.25) is 9.69 Å². The predicted octanol–water partition coefficient (Wildman–Crippen LogP) is 4.45. The van der Waals surface area contributed by atoms with Gasteiger partial charge >= 0.3 is 0 Å². The number of rotatable bonds is 10. The molecule has 0 saturated carbocycles. The molecule has 2 aromatic carbocycles. The second kappa shape index (κ2) is 12.0. The highest BCUT2D eigenvalue weighted by Gasteiger charge is 2.17. The fourth-order valence-electron chi connectivity index (χ4n) is 4.76. The molecular weight excluding hydrogens is 464 g/mol. The molecule has 192 valence electrons. The number of carbonyl (C=O) groups excluding carboxylic acids is 1. The van der Waals surface area contributed by atoms with Gasteiger partial charge in [0.15, 0.2) is 0 Å². The molecule has 1 fully saturated rings. The highest BCUT2D eigenvalue weighted by molar-refractivity contribution is 5.77. The first-order chi connectivity index (χ1) is 18.2. The van der Waals surface area contributed by atoms with E-state index >= 15 is 0 Å². The molecular formula is C30H34N4O3. The van der Waals surface area contributed by atoms with E-state index in [1.807, 2.05) is 43.3 Å². The average Bonchev–Trinajstić information content (AvgIpc) is 3.31. The van der Waals surface area contributed by atoms with Crippen LogP contribution in [0.1, 0.15) is 19.0 Å². The van der Waals surface area contributed by atoms with Gasteiger partial charge in [-0.15, -0.1) is 0 Å². The van der Waals surface area contributed by atoms with Crippen LogP contribution in [0, 0.1) is 0 Å². The summed E-state index contributed by atoms with van der Waals surface area (Å²) in [4.78, 5) is 20.0. The lowest BCUT2D eigenvalue weighted by Gasteiger charge is -2.26. The monoisotopic (exact) mass is 498 g/mol. The molecule has 1 saturated heterocycles. The molecule has 7 nitrogen and oxygen atoms in total. The van der Waals surface area contributed by atoms with Gasteiger partial charge in [0, 0.05) is 44.4 Å².